The van der Waals surface area contributed by atoms with Gasteiger partial charge in [0.2, 0.25) is 5.90 Å². The van der Waals surface area contributed by atoms with Crippen LogP contribution in [0, 0.1) is 0 Å². The Labute approximate surface area is 140 Å². The average molecular weight is 352 g/mol. The summed E-state index contributed by atoms with van der Waals surface area (Å²) in [5, 5.41) is 0.320. The average Bonchev–Trinajstić information content (AvgIpc) is 2.88. The first-order valence-corrected chi connectivity index (χ1v) is 7.18. The summed E-state index contributed by atoms with van der Waals surface area (Å²) in [6.07, 6.45) is -3.49. The van der Waals surface area contributed by atoms with Gasteiger partial charge >= 0.3 is 12.1 Å². The first kappa shape index (κ1) is 16.3. The lowest BCUT2D eigenvalue weighted by molar-refractivity contribution is -0.137. The van der Waals surface area contributed by atoms with E-state index in [0.29, 0.717) is 10.6 Å². The molecule has 0 unspecified atom stereocenters. The molecule has 0 saturated heterocycles. The molecule has 0 saturated carbocycles. The summed E-state index contributed by atoms with van der Waals surface area (Å²) in [4.78, 5) is 15.9. The van der Waals surface area contributed by atoms with Crippen molar-refractivity contribution in [3.63, 3.8) is 0 Å². The van der Waals surface area contributed by atoms with Gasteiger partial charge in [0.15, 0.2) is 5.70 Å². The predicted molar refractivity (Wildman–Crippen MR) is 83.5 cm³/mol. The molecule has 122 valence electrons. The number of nitrogens with zero attached hydrogens (tertiary/aromatic N) is 1. The van der Waals surface area contributed by atoms with Gasteiger partial charge < -0.3 is 4.74 Å². The Hall–Kier alpha value is -2.60. The molecule has 3 nitrogen and oxygen atoms in total. The van der Waals surface area contributed by atoms with Gasteiger partial charge in [-0.1, -0.05) is 41.9 Å². The number of cyclic esters (lactones) is 1. The van der Waals surface area contributed by atoms with E-state index in [1.165, 1.54) is 18.2 Å². The third-order valence-electron chi connectivity index (χ3n) is 3.28. The van der Waals surface area contributed by atoms with Gasteiger partial charge in [-0.15, -0.1) is 0 Å². The number of hydrogen-bond donors (Lipinski definition) is 0. The lowest BCUT2D eigenvalue weighted by Crippen LogP contribution is -2.08. The van der Waals surface area contributed by atoms with Crippen LogP contribution in [-0.2, 0) is 15.7 Å². The van der Waals surface area contributed by atoms with Crippen molar-refractivity contribution in [3.8, 4) is 0 Å². The van der Waals surface area contributed by atoms with Crippen molar-refractivity contribution in [3.05, 3.63) is 75.9 Å². The molecule has 0 fully saturated rings. The first-order valence-electron chi connectivity index (χ1n) is 6.80. The standard InChI is InChI=1S/C17H9ClF3NO2/c18-13-8-4-2-6-11(13)15-22-14(16(23)24-15)9-10-5-1-3-7-12(10)17(19,20)21/h1-9H/b14-9-. The summed E-state index contributed by atoms with van der Waals surface area (Å²) in [6.45, 7) is 0. The number of aliphatic imine (C=N–C) groups is 1. The molecule has 2 aromatic rings. The van der Waals surface area contributed by atoms with E-state index in [1.807, 2.05) is 0 Å². The molecule has 0 radical (unpaired) electrons. The van der Waals surface area contributed by atoms with Crippen molar-refractivity contribution in [2.75, 3.05) is 0 Å². The Morgan fingerprint density at radius 2 is 1.71 bits per heavy atom. The van der Waals surface area contributed by atoms with Crippen LogP contribution < -0.4 is 0 Å². The van der Waals surface area contributed by atoms with Crippen LogP contribution in [0.15, 0.2) is 59.2 Å². The molecule has 0 bridgehead atoms. The van der Waals surface area contributed by atoms with Crippen LogP contribution in [0.4, 0.5) is 13.2 Å². The number of hydrogen-bond acceptors (Lipinski definition) is 3. The van der Waals surface area contributed by atoms with Gasteiger partial charge in [0.05, 0.1) is 16.1 Å². The number of ether oxygens (including phenoxy) is 1. The van der Waals surface area contributed by atoms with Crippen LogP contribution in [-0.4, -0.2) is 11.9 Å². The zero-order valence-corrected chi connectivity index (χ0v) is 12.7. The van der Waals surface area contributed by atoms with E-state index in [4.69, 9.17) is 16.3 Å². The van der Waals surface area contributed by atoms with Crippen LogP contribution in [0.3, 0.4) is 0 Å². The normalized spacial score (nSPS) is 16.2. The van der Waals surface area contributed by atoms with E-state index < -0.39 is 17.7 Å². The summed E-state index contributed by atoms with van der Waals surface area (Å²) in [6, 6.07) is 11.5. The highest BCUT2D eigenvalue weighted by Crippen LogP contribution is 2.33. The third kappa shape index (κ3) is 3.19. The monoisotopic (exact) mass is 351 g/mol. The number of halogens is 4. The van der Waals surface area contributed by atoms with Gasteiger partial charge in [-0.2, -0.15) is 13.2 Å². The van der Waals surface area contributed by atoms with Gasteiger partial charge in [0, 0.05) is 0 Å². The Morgan fingerprint density at radius 1 is 1.04 bits per heavy atom. The van der Waals surface area contributed by atoms with Crippen molar-refractivity contribution in [2.24, 2.45) is 4.99 Å². The van der Waals surface area contributed by atoms with Gasteiger partial charge in [-0.25, -0.2) is 9.79 Å². The molecule has 0 N–H and O–H groups in total. The SMILES string of the molecule is O=C1OC(c2ccccc2Cl)=N/C1=C\c1ccccc1C(F)(F)F. The minimum atomic E-state index is -4.54. The van der Waals surface area contributed by atoms with Crippen molar-refractivity contribution in [1.82, 2.24) is 0 Å². The Bertz CT molecular complexity index is 872. The highest BCUT2D eigenvalue weighted by atomic mass is 35.5. The quantitative estimate of drug-likeness (QED) is 0.581. The van der Waals surface area contributed by atoms with Gasteiger partial charge in [0.1, 0.15) is 0 Å². The van der Waals surface area contributed by atoms with Crippen molar-refractivity contribution in [1.29, 1.82) is 0 Å². The largest absolute Gasteiger partial charge is 0.416 e. The van der Waals surface area contributed by atoms with Gasteiger partial charge in [-0.05, 0) is 29.8 Å². The molecule has 1 aliphatic heterocycles. The summed E-state index contributed by atoms with van der Waals surface area (Å²) in [5.41, 5.74) is -0.852. The van der Waals surface area contributed by atoms with Crippen LogP contribution in [0.25, 0.3) is 6.08 Å². The fourth-order valence-electron chi connectivity index (χ4n) is 2.19. The maximum absolute atomic E-state index is 13.0. The Kier molecular flexibility index (Phi) is 4.15. The molecule has 1 aliphatic rings. The fourth-order valence-corrected chi connectivity index (χ4v) is 2.40. The highest BCUT2D eigenvalue weighted by Gasteiger charge is 2.33. The molecule has 7 heteroatoms. The maximum atomic E-state index is 13.0. The van der Waals surface area contributed by atoms with Crippen LogP contribution in [0.5, 0.6) is 0 Å². The number of carbonyl (C=O) groups is 1. The molecule has 0 atom stereocenters. The van der Waals surface area contributed by atoms with Crippen molar-refractivity contribution < 1.29 is 22.7 Å². The number of benzene rings is 2. The second-order valence-corrected chi connectivity index (χ2v) is 5.31. The molecule has 0 aliphatic carbocycles. The highest BCUT2D eigenvalue weighted by molar-refractivity contribution is 6.34. The summed E-state index contributed by atoms with van der Waals surface area (Å²) in [5.74, 6) is -0.872. The molecular formula is C17H9ClF3NO2. The molecular weight excluding hydrogens is 343 g/mol. The molecule has 0 spiro atoms. The number of alkyl halides is 3. The topological polar surface area (TPSA) is 38.7 Å². The molecule has 0 aromatic heterocycles. The second-order valence-electron chi connectivity index (χ2n) is 4.90. The van der Waals surface area contributed by atoms with Crippen LogP contribution in [0.2, 0.25) is 5.02 Å². The summed E-state index contributed by atoms with van der Waals surface area (Å²) < 4.78 is 44.1. The molecule has 2 aromatic carbocycles. The van der Waals surface area contributed by atoms with E-state index in [-0.39, 0.29) is 17.2 Å². The zero-order chi connectivity index (χ0) is 17.3. The molecule has 3 rings (SSSR count). The third-order valence-corrected chi connectivity index (χ3v) is 3.61. The van der Waals surface area contributed by atoms with Gasteiger partial charge in [-0.3, -0.25) is 0 Å². The molecule has 0 amide bonds. The van der Waals surface area contributed by atoms with E-state index in [2.05, 4.69) is 4.99 Å². The minimum absolute atomic E-state index is 0.0404. The predicted octanol–water partition coefficient (Wildman–Crippen LogP) is 4.70. The number of esters is 1. The fraction of sp³-hybridized carbons (Fsp3) is 0.0588. The van der Waals surface area contributed by atoms with E-state index >= 15 is 0 Å². The Balaban J connectivity index is 2.03. The number of rotatable bonds is 2. The Morgan fingerprint density at radius 3 is 2.42 bits per heavy atom. The summed E-state index contributed by atoms with van der Waals surface area (Å²) in [7, 11) is 0. The lowest BCUT2D eigenvalue weighted by atomic mass is 10.1. The zero-order valence-electron chi connectivity index (χ0n) is 12.0. The minimum Gasteiger partial charge on any atom is -0.402 e. The van der Waals surface area contributed by atoms with Gasteiger partial charge in [0.25, 0.3) is 0 Å². The second kappa shape index (κ2) is 6.13. The van der Waals surface area contributed by atoms with Crippen molar-refractivity contribution >= 4 is 29.5 Å². The van der Waals surface area contributed by atoms with E-state index in [1.54, 1.807) is 24.3 Å². The van der Waals surface area contributed by atoms with E-state index in [9.17, 15) is 18.0 Å². The first-order chi connectivity index (χ1) is 11.4. The molecule has 24 heavy (non-hydrogen) atoms. The summed E-state index contributed by atoms with van der Waals surface area (Å²) >= 11 is 6.00. The smallest absolute Gasteiger partial charge is 0.402 e. The lowest BCUT2D eigenvalue weighted by Gasteiger charge is -2.09. The van der Waals surface area contributed by atoms with Crippen LogP contribution in [0.1, 0.15) is 16.7 Å². The number of carbonyl (C=O) groups excluding carboxylic acids is 1. The van der Waals surface area contributed by atoms with Crippen LogP contribution >= 0.6 is 11.6 Å². The maximum Gasteiger partial charge on any atom is 0.416 e. The molecule has 1 heterocycles. The van der Waals surface area contributed by atoms with Crippen molar-refractivity contribution in [2.45, 2.75) is 6.18 Å². The van der Waals surface area contributed by atoms with E-state index in [0.717, 1.165) is 12.1 Å².